The number of hydrogen-bond acceptors (Lipinski definition) is 2. The molecule has 0 unspecified atom stereocenters. The summed E-state index contributed by atoms with van der Waals surface area (Å²) in [6.45, 7) is 0. The molecule has 0 radical (unpaired) electrons. The Morgan fingerprint density at radius 3 is 0.818 bits per heavy atom. The second-order valence-corrected chi connectivity index (χ2v) is 5.56. The van der Waals surface area contributed by atoms with Crippen LogP contribution in [-0.4, -0.2) is 10.2 Å². The smallest absolute Gasteiger partial charge is 0.503 e. The van der Waals surface area contributed by atoms with E-state index in [1.165, 1.54) is 0 Å². The Bertz CT molecular complexity index is 910. The first kappa shape index (κ1) is 30.1. The molecular weight excluding hydrogens is 539 g/mol. The van der Waals surface area contributed by atoms with Gasteiger partial charge in [-0.1, -0.05) is 0 Å². The molecule has 0 aromatic heterocycles. The monoisotopic (exact) mass is 552 g/mol. The van der Waals surface area contributed by atoms with E-state index in [0.717, 1.165) is 0 Å². The van der Waals surface area contributed by atoms with Gasteiger partial charge in [0.2, 0.25) is 23.3 Å². The third-order valence-electron chi connectivity index (χ3n) is 3.29. The summed E-state index contributed by atoms with van der Waals surface area (Å²) >= 11 is 0. The van der Waals surface area contributed by atoms with Crippen molar-refractivity contribution in [2.45, 2.75) is 0 Å². The molecule has 4 aromatic rings. The van der Waals surface area contributed by atoms with Crippen LogP contribution in [0.25, 0.3) is 0 Å². The van der Waals surface area contributed by atoms with Crippen molar-refractivity contribution in [2.24, 2.45) is 0 Å². The minimum absolute atomic E-state index is 0. The molecule has 0 fully saturated rings. The van der Waals surface area contributed by atoms with E-state index in [2.05, 4.69) is 0 Å². The third-order valence-corrected chi connectivity index (χ3v) is 3.29. The molecule has 2 N–H and O–H groups in total. The Labute approximate surface area is 202 Å². The number of halogens is 8. The van der Waals surface area contributed by atoms with Gasteiger partial charge in [-0.15, -0.1) is 0 Å². The molecule has 0 atom stereocenters. The summed E-state index contributed by atoms with van der Waals surface area (Å²) in [5.41, 5.74) is 0. The van der Waals surface area contributed by atoms with Gasteiger partial charge in [0, 0.05) is 12.1 Å². The maximum Gasteiger partial charge on any atom is 2.00 e. The molecule has 0 aliphatic rings. The zero-order chi connectivity index (χ0) is 24.3. The summed E-state index contributed by atoms with van der Waals surface area (Å²) in [7, 11) is 0. The van der Waals surface area contributed by atoms with Crippen LogP contribution in [0.5, 0.6) is 11.5 Å². The topological polar surface area (TPSA) is 40.5 Å². The molecule has 0 saturated heterocycles. The summed E-state index contributed by atoms with van der Waals surface area (Å²) in [4.78, 5) is 0. The summed E-state index contributed by atoms with van der Waals surface area (Å²) in [6, 6.07) is 20.0. The second kappa shape index (κ2) is 15.0. The number of benzene rings is 2. The van der Waals surface area contributed by atoms with Crippen LogP contribution in [-0.2, 0) is 26.2 Å². The number of phenols is 2. The van der Waals surface area contributed by atoms with Gasteiger partial charge < -0.3 is 10.2 Å². The minimum atomic E-state index is -1.79. The van der Waals surface area contributed by atoms with E-state index in [0.29, 0.717) is 0 Å². The Balaban J connectivity index is 0.000000434. The first-order valence-corrected chi connectivity index (χ1v) is 8.45. The van der Waals surface area contributed by atoms with Crippen LogP contribution >= 0.6 is 0 Å². The van der Waals surface area contributed by atoms with E-state index < -0.39 is 58.0 Å². The van der Waals surface area contributed by atoms with E-state index in [9.17, 15) is 35.1 Å². The molecule has 11 heteroatoms. The van der Waals surface area contributed by atoms with Crippen molar-refractivity contribution in [3.05, 3.63) is 119 Å². The molecule has 174 valence electrons. The standard InChI is InChI=1S/2C6H2F4O.2C5H5.Zr/c2*7-2-1-3(8)5(10)6(11)4(2)9;2*1-2-4-5-3-1;/h2*1,11H;2*1-5H;/q;;2*-1;+2. The van der Waals surface area contributed by atoms with Crippen molar-refractivity contribution >= 4 is 0 Å². The van der Waals surface area contributed by atoms with Gasteiger partial charge in [-0.05, 0) is 0 Å². The van der Waals surface area contributed by atoms with Crippen LogP contribution in [0.3, 0.4) is 0 Å². The number of phenolic OH excluding ortho intramolecular Hbond substituents is 2. The summed E-state index contributed by atoms with van der Waals surface area (Å²) in [6.07, 6.45) is 0. The molecule has 0 amide bonds. The third kappa shape index (κ3) is 9.61. The van der Waals surface area contributed by atoms with Crippen LogP contribution in [0.4, 0.5) is 35.1 Å². The van der Waals surface area contributed by atoms with Gasteiger partial charge in [-0.3, -0.25) is 0 Å². The van der Waals surface area contributed by atoms with E-state index in [-0.39, 0.29) is 38.3 Å². The van der Waals surface area contributed by atoms with Gasteiger partial charge in [-0.2, -0.15) is 54.0 Å². The van der Waals surface area contributed by atoms with Gasteiger partial charge in [0.15, 0.2) is 34.8 Å². The Morgan fingerprint density at radius 1 is 0.455 bits per heavy atom. The molecule has 4 aromatic carbocycles. The fourth-order valence-electron chi connectivity index (χ4n) is 1.76. The minimum Gasteiger partial charge on any atom is -0.503 e. The molecule has 33 heavy (non-hydrogen) atoms. The Kier molecular flexibility index (Phi) is 13.7. The number of hydrogen-bond donors (Lipinski definition) is 2. The van der Waals surface area contributed by atoms with Crippen molar-refractivity contribution < 1.29 is 71.5 Å². The molecular formula is C22H14F8O2Zr. The van der Waals surface area contributed by atoms with Crippen molar-refractivity contribution in [3.63, 3.8) is 0 Å². The van der Waals surface area contributed by atoms with Crippen LogP contribution in [0.2, 0.25) is 0 Å². The van der Waals surface area contributed by atoms with Crippen molar-refractivity contribution in [3.8, 4) is 11.5 Å². The number of aromatic hydroxyl groups is 2. The van der Waals surface area contributed by atoms with Crippen LogP contribution < -0.4 is 0 Å². The van der Waals surface area contributed by atoms with E-state index in [1.54, 1.807) is 0 Å². The maximum absolute atomic E-state index is 12.1. The second-order valence-electron chi connectivity index (χ2n) is 5.56. The maximum atomic E-state index is 12.1. The summed E-state index contributed by atoms with van der Waals surface area (Å²) < 4.78 is 96.9. The van der Waals surface area contributed by atoms with Crippen LogP contribution in [0, 0.1) is 46.5 Å². The predicted octanol–water partition coefficient (Wildman–Crippen LogP) is 6.71. The molecule has 4 rings (SSSR count). The predicted molar refractivity (Wildman–Crippen MR) is 99.9 cm³/mol. The van der Waals surface area contributed by atoms with E-state index in [1.807, 2.05) is 60.7 Å². The van der Waals surface area contributed by atoms with Gasteiger partial charge in [0.25, 0.3) is 0 Å². The molecule has 2 nitrogen and oxygen atoms in total. The fourth-order valence-corrected chi connectivity index (χ4v) is 1.76. The zero-order valence-electron chi connectivity index (χ0n) is 16.3. The first-order valence-electron chi connectivity index (χ1n) is 8.45. The SMILES string of the molecule is Oc1c(F)c(F)cc(F)c1F.Oc1c(F)c(F)cc(F)c1F.[Zr+2].c1cc[cH-]c1.c1cc[cH-]c1. The quantitative estimate of drug-likeness (QED) is 0.145. The largest absolute Gasteiger partial charge is 2.00 e. The molecule has 0 aliphatic carbocycles. The van der Waals surface area contributed by atoms with Gasteiger partial charge >= 0.3 is 26.2 Å². The molecule has 0 bridgehead atoms. The molecule has 0 aliphatic heterocycles. The number of rotatable bonds is 0. The van der Waals surface area contributed by atoms with E-state index in [4.69, 9.17) is 10.2 Å². The van der Waals surface area contributed by atoms with Gasteiger partial charge in [0.1, 0.15) is 0 Å². The van der Waals surface area contributed by atoms with Crippen LogP contribution in [0.15, 0.2) is 72.8 Å². The van der Waals surface area contributed by atoms with Crippen molar-refractivity contribution in [1.29, 1.82) is 0 Å². The first-order chi connectivity index (χ1) is 15.1. The zero-order valence-corrected chi connectivity index (χ0v) is 18.8. The molecule has 0 saturated carbocycles. The molecule has 0 heterocycles. The average molecular weight is 554 g/mol. The average Bonchev–Trinajstić information content (AvgIpc) is 3.53. The summed E-state index contributed by atoms with van der Waals surface area (Å²) in [5, 5.41) is 16.7. The Morgan fingerprint density at radius 2 is 0.667 bits per heavy atom. The normalized spacial score (nSPS) is 9.21. The van der Waals surface area contributed by atoms with E-state index >= 15 is 0 Å². The van der Waals surface area contributed by atoms with Crippen molar-refractivity contribution in [1.82, 2.24) is 0 Å². The fraction of sp³-hybridized carbons (Fsp3) is 0. The van der Waals surface area contributed by atoms with Crippen molar-refractivity contribution in [2.75, 3.05) is 0 Å². The molecule has 0 spiro atoms. The van der Waals surface area contributed by atoms with Crippen LogP contribution in [0.1, 0.15) is 0 Å². The van der Waals surface area contributed by atoms with Gasteiger partial charge in [-0.25, -0.2) is 41.8 Å². The Hall–Kier alpha value is -2.94. The summed E-state index contributed by atoms with van der Waals surface area (Å²) in [5.74, 6) is -16.9. The van der Waals surface area contributed by atoms with Gasteiger partial charge in [0.05, 0.1) is 0 Å².